The van der Waals surface area contributed by atoms with Gasteiger partial charge in [0, 0.05) is 43.2 Å². The number of rotatable bonds is 4. The normalized spacial score (nSPS) is 14.2. The van der Waals surface area contributed by atoms with Crippen molar-refractivity contribution < 1.29 is 14.3 Å². The molecule has 0 aliphatic carbocycles. The van der Waals surface area contributed by atoms with Crippen LogP contribution in [0.1, 0.15) is 33.3 Å². The summed E-state index contributed by atoms with van der Waals surface area (Å²) in [7, 11) is 0. The highest BCUT2D eigenvalue weighted by Gasteiger charge is 2.25. The second kappa shape index (κ2) is 9.73. The molecule has 0 aromatic heterocycles. The Labute approximate surface area is 184 Å². The van der Waals surface area contributed by atoms with Crippen molar-refractivity contribution in [2.24, 2.45) is 0 Å². The minimum Gasteiger partial charge on any atom is -0.444 e. The summed E-state index contributed by atoms with van der Waals surface area (Å²) in [5, 5.41) is 5.79. The molecule has 166 valence electrons. The quantitative estimate of drug-likeness (QED) is 0.728. The van der Waals surface area contributed by atoms with Crippen molar-refractivity contribution in [3.63, 3.8) is 0 Å². The number of carbonyl (C=O) groups excluding carboxylic acids is 2. The predicted octanol–water partition coefficient (Wildman–Crippen LogP) is 4.95. The fourth-order valence-corrected chi connectivity index (χ4v) is 3.46. The molecule has 1 aliphatic heterocycles. The Kier molecular flexibility index (Phi) is 7.05. The number of benzene rings is 2. The molecule has 0 saturated carbocycles. The van der Waals surface area contributed by atoms with Gasteiger partial charge in [0.05, 0.1) is 0 Å². The van der Waals surface area contributed by atoms with E-state index in [9.17, 15) is 9.59 Å². The smallest absolute Gasteiger partial charge is 0.410 e. The summed E-state index contributed by atoms with van der Waals surface area (Å²) in [6.07, 6.45) is 0.592. The van der Waals surface area contributed by atoms with E-state index in [1.165, 1.54) is 0 Å². The van der Waals surface area contributed by atoms with Crippen molar-refractivity contribution in [3.8, 4) is 0 Å². The SMILES string of the molecule is CCc1ccccc1NC(=O)Nc1ccc(N2CCN(C(=O)OC(C)(C)C)CC2)cc1. The van der Waals surface area contributed by atoms with E-state index >= 15 is 0 Å². The number of carbonyl (C=O) groups is 2. The largest absolute Gasteiger partial charge is 0.444 e. The molecule has 0 bridgehead atoms. The van der Waals surface area contributed by atoms with Crippen LogP contribution in [0.5, 0.6) is 0 Å². The number of hydrogen-bond donors (Lipinski definition) is 2. The Morgan fingerprint density at radius 3 is 2.19 bits per heavy atom. The second-order valence-electron chi connectivity index (χ2n) is 8.59. The number of hydrogen-bond acceptors (Lipinski definition) is 4. The van der Waals surface area contributed by atoms with E-state index in [0.29, 0.717) is 13.1 Å². The van der Waals surface area contributed by atoms with Crippen LogP contribution >= 0.6 is 0 Å². The number of urea groups is 1. The first-order valence-corrected chi connectivity index (χ1v) is 10.7. The molecular weight excluding hydrogens is 392 g/mol. The first-order chi connectivity index (χ1) is 14.7. The summed E-state index contributed by atoms with van der Waals surface area (Å²) >= 11 is 0. The number of amides is 3. The van der Waals surface area contributed by atoms with Crippen molar-refractivity contribution in [3.05, 3.63) is 54.1 Å². The molecule has 3 amide bonds. The molecule has 7 nitrogen and oxygen atoms in total. The molecule has 1 aliphatic rings. The first kappa shape index (κ1) is 22.5. The van der Waals surface area contributed by atoms with Gasteiger partial charge in [0.2, 0.25) is 0 Å². The zero-order valence-electron chi connectivity index (χ0n) is 18.8. The summed E-state index contributed by atoms with van der Waals surface area (Å²) in [6.45, 7) is 10.4. The van der Waals surface area contributed by atoms with Crippen LogP contribution in [0, 0.1) is 0 Å². The Balaban J connectivity index is 1.51. The first-order valence-electron chi connectivity index (χ1n) is 10.7. The van der Waals surface area contributed by atoms with Crippen LogP contribution in [0.3, 0.4) is 0 Å². The van der Waals surface area contributed by atoms with Crippen molar-refractivity contribution >= 4 is 29.2 Å². The Morgan fingerprint density at radius 1 is 0.935 bits per heavy atom. The lowest BCUT2D eigenvalue weighted by molar-refractivity contribution is 0.0240. The fraction of sp³-hybridized carbons (Fsp3) is 0.417. The molecule has 2 N–H and O–H groups in total. The third-order valence-electron chi connectivity index (χ3n) is 5.07. The van der Waals surface area contributed by atoms with Gasteiger partial charge in [0.1, 0.15) is 5.60 Å². The molecule has 0 atom stereocenters. The van der Waals surface area contributed by atoms with Crippen LogP contribution in [0.25, 0.3) is 0 Å². The molecular formula is C24H32N4O3. The van der Waals surface area contributed by atoms with E-state index in [2.05, 4.69) is 22.5 Å². The van der Waals surface area contributed by atoms with Gasteiger partial charge in [-0.15, -0.1) is 0 Å². The summed E-state index contributed by atoms with van der Waals surface area (Å²) in [5.74, 6) is 0. The van der Waals surface area contributed by atoms with Gasteiger partial charge >= 0.3 is 12.1 Å². The van der Waals surface area contributed by atoms with Gasteiger partial charge < -0.3 is 25.2 Å². The zero-order valence-corrected chi connectivity index (χ0v) is 18.8. The highest BCUT2D eigenvalue weighted by molar-refractivity contribution is 6.00. The van der Waals surface area contributed by atoms with E-state index in [1.807, 2.05) is 69.3 Å². The molecule has 1 saturated heterocycles. The molecule has 0 spiro atoms. The van der Waals surface area contributed by atoms with E-state index in [-0.39, 0.29) is 12.1 Å². The lowest BCUT2D eigenvalue weighted by Crippen LogP contribution is -2.50. The minimum absolute atomic E-state index is 0.262. The van der Waals surface area contributed by atoms with Crippen molar-refractivity contribution in [1.29, 1.82) is 0 Å². The van der Waals surface area contributed by atoms with Crippen LogP contribution in [-0.2, 0) is 11.2 Å². The molecule has 2 aromatic rings. The third-order valence-corrected chi connectivity index (χ3v) is 5.07. The third kappa shape index (κ3) is 6.38. The lowest BCUT2D eigenvalue weighted by Gasteiger charge is -2.36. The topological polar surface area (TPSA) is 73.9 Å². The number of anilines is 3. The van der Waals surface area contributed by atoms with E-state index in [0.717, 1.165) is 42.1 Å². The highest BCUT2D eigenvalue weighted by Crippen LogP contribution is 2.21. The monoisotopic (exact) mass is 424 g/mol. The molecule has 0 unspecified atom stereocenters. The van der Waals surface area contributed by atoms with Crippen molar-refractivity contribution in [2.75, 3.05) is 41.7 Å². The van der Waals surface area contributed by atoms with Gasteiger partial charge in [-0.05, 0) is 63.1 Å². The van der Waals surface area contributed by atoms with Crippen LogP contribution < -0.4 is 15.5 Å². The van der Waals surface area contributed by atoms with Crippen LogP contribution in [0.2, 0.25) is 0 Å². The average Bonchev–Trinajstić information content (AvgIpc) is 2.73. The number of aryl methyl sites for hydroxylation is 1. The van der Waals surface area contributed by atoms with Crippen LogP contribution in [-0.4, -0.2) is 48.8 Å². The summed E-state index contributed by atoms with van der Waals surface area (Å²) in [4.78, 5) is 28.5. The molecule has 2 aromatic carbocycles. The summed E-state index contributed by atoms with van der Waals surface area (Å²) < 4.78 is 5.45. The molecule has 7 heteroatoms. The van der Waals surface area contributed by atoms with Crippen molar-refractivity contribution in [1.82, 2.24) is 4.90 Å². The molecule has 3 rings (SSSR count). The predicted molar refractivity (Wildman–Crippen MR) is 125 cm³/mol. The maximum atomic E-state index is 12.4. The number of para-hydroxylation sites is 1. The maximum absolute atomic E-state index is 12.4. The summed E-state index contributed by atoms with van der Waals surface area (Å²) in [5.41, 5.74) is 3.22. The maximum Gasteiger partial charge on any atom is 0.410 e. The van der Waals surface area contributed by atoms with E-state index in [1.54, 1.807) is 4.90 Å². The lowest BCUT2D eigenvalue weighted by atomic mass is 10.1. The van der Waals surface area contributed by atoms with Crippen molar-refractivity contribution in [2.45, 2.75) is 39.7 Å². The van der Waals surface area contributed by atoms with Gasteiger partial charge in [0.25, 0.3) is 0 Å². The van der Waals surface area contributed by atoms with Gasteiger partial charge in [-0.2, -0.15) is 0 Å². The fourth-order valence-electron chi connectivity index (χ4n) is 3.46. The number of ether oxygens (including phenoxy) is 1. The van der Waals surface area contributed by atoms with Gasteiger partial charge in [-0.25, -0.2) is 9.59 Å². The molecule has 0 radical (unpaired) electrons. The summed E-state index contributed by atoms with van der Waals surface area (Å²) in [6, 6.07) is 15.3. The van der Waals surface area contributed by atoms with Gasteiger partial charge in [-0.1, -0.05) is 25.1 Å². The Morgan fingerprint density at radius 2 is 1.58 bits per heavy atom. The second-order valence-corrected chi connectivity index (χ2v) is 8.59. The van der Waals surface area contributed by atoms with Crippen LogP contribution in [0.15, 0.2) is 48.5 Å². The van der Waals surface area contributed by atoms with E-state index in [4.69, 9.17) is 4.74 Å². The Bertz CT molecular complexity index is 898. The Hall–Kier alpha value is -3.22. The zero-order chi connectivity index (χ0) is 22.4. The average molecular weight is 425 g/mol. The van der Waals surface area contributed by atoms with E-state index < -0.39 is 5.60 Å². The number of nitrogens with zero attached hydrogens (tertiary/aromatic N) is 2. The minimum atomic E-state index is -0.484. The molecule has 31 heavy (non-hydrogen) atoms. The molecule has 1 fully saturated rings. The molecule has 1 heterocycles. The standard InChI is InChI=1S/C24H32N4O3/c1-5-18-8-6-7-9-21(18)26-22(29)25-19-10-12-20(13-11-19)27-14-16-28(17-15-27)23(30)31-24(2,3)4/h6-13H,5,14-17H2,1-4H3,(H2,25,26,29). The van der Waals surface area contributed by atoms with Gasteiger partial charge in [-0.3, -0.25) is 0 Å². The number of nitrogens with one attached hydrogen (secondary N) is 2. The highest BCUT2D eigenvalue weighted by atomic mass is 16.6. The number of piperazine rings is 1. The van der Waals surface area contributed by atoms with Gasteiger partial charge in [0.15, 0.2) is 0 Å². The van der Waals surface area contributed by atoms with Crippen LogP contribution in [0.4, 0.5) is 26.7 Å².